The quantitative estimate of drug-likeness (QED) is 0.581. The Morgan fingerprint density at radius 1 is 1.62 bits per heavy atom. The van der Waals surface area contributed by atoms with E-state index in [0.29, 0.717) is 5.56 Å². The Labute approximate surface area is 82.5 Å². The minimum absolute atomic E-state index is 0.0756. The van der Waals surface area contributed by atoms with Crippen LogP contribution in [0.2, 0.25) is 0 Å². The van der Waals surface area contributed by atoms with E-state index in [1.165, 1.54) is 13.3 Å². The number of aromatic nitrogens is 1. The van der Waals surface area contributed by atoms with E-state index in [2.05, 4.69) is 22.3 Å². The molecular weight excluding hydrogens is 186 g/mol. The lowest BCUT2D eigenvalue weighted by molar-refractivity contribution is 0.0600. The van der Waals surface area contributed by atoms with Crippen molar-refractivity contribution >= 4 is 18.6 Å². The van der Waals surface area contributed by atoms with Crippen molar-refractivity contribution in [3.8, 4) is 0 Å². The van der Waals surface area contributed by atoms with Gasteiger partial charge < -0.3 is 4.74 Å². The fourth-order valence-corrected chi connectivity index (χ4v) is 1.04. The van der Waals surface area contributed by atoms with Crippen molar-refractivity contribution in [2.45, 2.75) is 12.2 Å². The Hall–Kier alpha value is -1.03. The first kappa shape index (κ1) is 10.1. The van der Waals surface area contributed by atoms with E-state index in [0.717, 1.165) is 5.69 Å². The molecule has 0 aliphatic rings. The van der Waals surface area contributed by atoms with Gasteiger partial charge in [0.1, 0.15) is 0 Å². The van der Waals surface area contributed by atoms with Gasteiger partial charge >= 0.3 is 5.97 Å². The summed E-state index contributed by atoms with van der Waals surface area (Å²) in [5.74, 6) is -0.370. The summed E-state index contributed by atoms with van der Waals surface area (Å²) in [6, 6.07) is 3.45. The fraction of sp³-hybridized carbons (Fsp3) is 0.333. The molecule has 1 atom stereocenters. The second kappa shape index (κ2) is 4.28. The standard InChI is InChI=1S/C9H11NO2S/c1-6(13)8-4-3-7(5-10-8)9(11)12-2/h3-6,13H,1-2H3. The lowest BCUT2D eigenvalue weighted by Gasteiger charge is -2.03. The highest BCUT2D eigenvalue weighted by Gasteiger charge is 2.06. The second-order valence-electron chi connectivity index (χ2n) is 2.64. The maximum absolute atomic E-state index is 11.0. The topological polar surface area (TPSA) is 39.2 Å². The lowest BCUT2D eigenvalue weighted by Crippen LogP contribution is -2.02. The summed E-state index contributed by atoms with van der Waals surface area (Å²) < 4.78 is 4.54. The zero-order valence-corrected chi connectivity index (χ0v) is 8.41. The summed E-state index contributed by atoms with van der Waals surface area (Å²) in [6.07, 6.45) is 1.49. The highest BCUT2D eigenvalue weighted by molar-refractivity contribution is 7.80. The van der Waals surface area contributed by atoms with E-state index in [-0.39, 0.29) is 11.2 Å². The third-order valence-corrected chi connectivity index (χ3v) is 1.90. The smallest absolute Gasteiger partial charge is 0.339 e. The van der Waals surface area contributed by atoms with E-state index < -0.39 is 0 Å². The SMILES string of the molecule is COC(=O)c1ccc(C(C)S)nc1. The predicted octanol–water partition coefficient (Wildman–Crippen LogP) is 1.86. The van der Waals surface area contributed by atoms with Crippen molar-refractivity contribution in [1.29, 1.82) is 0 Å². The van der Waals surface area contributed by atoms with Gasteiger partial charge in [0, 0.05) is 11.4 Å². The van der Waals surface area contributed by atoms with Crippen molar-refractivity contribution in [3.63, 3.8) is 0 Å². The van der Waals surface area contributed by atoms with Crippen LogP contribution in [0.4, 0.5) is 0 Å². The van der Waals surface area contributed by atoms with Crippen LogP contribution in [0.1, 0.15) is 28.2 Å². The average molecular weight is 197 g/mol. The zero-order chi connectivity index (χ0) is 9.84. The molecule has 0 spiro atoms. The van der Waals surface area contributed by atoms with Gasteiger partial charge in [-0.25, -0.2) is 4.79 Å². The lowest BCUT2D eigenvalue weighted by atomic mass is 10.2. The molecule has 0 aliphatic heterocycles. The van der Waals surface area contributed by atoms with Crippen LogP contribution in [0.25, 0.3) is 0 Å². The Balaban J connectivity index is 2.87. The predicted molar refractivity (Wildman–Crippen MR) is 53.0 cm³/mol. The number of carbonyl (C=O) groups is 1. The second-order valence-corrected chi connectivity index (χ2v) is 3.41. The molecule has 0 N–H and O–H groups in total. The Morgan fingerprint density at radius 2 is 2.31 bits per heavy atom. The number of carbonyl (C=O) groups excluding carboxylic acids is 1. The third kappa shape index (κ3) is 2.45. The largest absolute Gasteiger partial charge is 0.465 e. The molecule has 1 unspecified atom stereocenters. The van der Waals surface area contributed by atoms with Crippen LogP contribution in [0.5, 0.6) is 0 Å². The molecule has 0 aliphatic carbocycles. The van der Waals surface area contributed by atoms with Gasteiger partial charge in [-0.1, -0.05) is 0 Å². The van der Waals surface area contributed by atoms with Crippen molar-refractivity contribution in [2.75, 3.05) is 7.11 Å². The van der Waals surface area contributed by atoms with Gasteiger partial charge in [0.05, 0.1) is 18.4 Å². The number of hydrogen-bond donors (Lipinski definition) is 1. The molecule has 4 heteroatoms. The van der Waals surface area contributed by atoms with E-state index in [1.54, 1.807) is 12.1 Å². The van der Waals surface area contributed by atoms with Crippen molar-refractivity contribution in [3.05, 3.63) is 29.6 Å². The molecule has 0 amide bonds. The van der Waals surface area contributed by atoms with Crippen LogP contribution >= 0.6 is 12.6 Å². The number of rotatable bonds is 2. The zero-order valence-electron chi connectivity index (χ0n) is 7.52. The summed E-state index contributed by atoms with van der Waals surface area (Å²) in [6.45, 7) is 1.92. The minimum Gasteiger partial charge on any atom is -0.465 e. The number of thiol groups is 1. The molecule has 0 bridgehead atoms. The van der Waals surface area contributed by atoms with E-state index >= 15 is 0 Å². The van der Waals surface area contributed by atoms with Gasteiger partial charge in [0.15, 0.2) is 0 Å². The number of nitrogens with zero attached hydrogens (tertiary/aromatic N) is 1. The van der Waals surface area contributed by atoms with Gasteiger partial charge in [0.25, 0.3) is 0 Å². The summed E-state index contributed by atoms with van der Waals surface area (Å²) in [4.78, 5) is 15.1. The van der Waals surface area contributed by atoms with Crippen molar-refractivity contribution < 1.29 is 9.53 Å². The van der Waals surface area contributed by atoms with Crippen LogP contribution in [0.15, 0.2) is 18.3 Å². The normalized spacial score (nSPS) is 12.2. The fourth-order valence-electron chi connectivity index (χ4n) is 0.891. The van der Waals surface area contributed by atoms with Crippen LogP contribution in [0, 0.1) is 0 Å². The molecule has 1 aromatic rings. The summed E-state index contributed by atoms with van der Waals surface area (Å²) in [5, 5.41) is 0.0756. The highest BCUT2D eigenvalue weighted by Crippen LogP contribution is 2.16. The molecule has 0 saturated heterocycles. The van der Waals surface area contributed by atoms with E-state index in [9.17, 15) is 4.79 Å². The number of ether oxygens (including phenoxy) is 1. The Bertz CT molecular complexity index is 295. The summed E-state index contributed by atoms with van der Waals surface area (Å²) in [5.41, 5.74) is 1.30. The first-order valence-corrected chi connectivity index (χ1v) is 4.39. The Morgan fingerprint density at radius 3 is 2.69 bits per heavy atom. The minimum atomic E-state index is -0.370. The first-order chi connectivity index (χ1) is 6.15. The molecule has 0 radical (unpaired) electrons. The van der Waals surface area contributed by atoms with Crippen LogP contribution in [-0.4, -0.2) is 18.1 Å². The van der Waals surface area contributed by atoms with E-state index in [1.807, 2.05) is 6.92 Å². The van der Waals surface area contributed by atoms with Crippen molar-refractivity contribution in [1.82, 2.24) is 4.98 Å². The third-order valence-electron chi connectivity index (χ3n) is 1.64. The molecule has 3 nitrogen and oxygen atoms in total. The number of pyridine rings is 1. The van der Waals surface area contributed by atoms with Gasteiger partial charge in [-0.3, -0.25) is 4.98 Å². The van der Waals surface area contributed by atoms with Crippen LogP contribution in [-0.2, 0) is 4.74 Å². The van der Waals surface area contributed by atoms with Crippen LogP contribution < -0.4 is 0 Å². The Kier molecular flexibility index (Phi) is 3.31. The molecule has 70 valence electrons. The monoisotopic (exact) mass is 197 g/mol. The molecule has 1 aromatic heterocycles. The van der Waals surface area contributed by atoms with Gasteiger partial charge in [-0.15, -0.1) is 0 Å². The van der Waals surface area contributed by atoms with Crippen molar-refractivity contribution in [2.24, 2.45) is 0 Å². The number of methoxy groups -OCH3 is 1. The van der Waals surface area contributed by atoms with Gasteiger partial charge in [-0.2, -0.15) is 12.6 Å². The molecule has 0 fully saturated rings. The van der Waals surface area contributed by atoms with E-state index in [4.69, 9.17) is 0 Å². The molecule has 0 saturated carbocycles. The number of hydrogen-bond acceptors (Lipinski definition) is 4. The van der Waals surface area contributed by atoms with Crippen LogP contribution in [0.3, 0.4) is 0 Å². The summed E-state index contributed by atoms with van der Waals surface area (Å²) >= 11 is 4.22. The molecule has 1 rings (SSSR count). The first-order valence-electron chi connectivity index (χ1n) is 3.87. The maximum Gasteiger partial charge on any atom is 0.339 e. The highest BCUT2D eigenvalue weighted by atomic mass is 32.1. The van der Waals surface area contributed by atoms with Gasteiger partial charge in [-0.05, 0) is 19.1 Å². The molecule has 13 heavy (non-hydrogen) atoms. The summed E-state index contributed by atoms with van der Waals surface area (Å²) in [7, 11) is 1.34. The molecular formula is C9H11NO2S. The maximum atomic E-state index is 11.0. The number of esters is 1. The van der Waals surface area contributed by atoms with Gasteiger partial charge in [0.2, 0.25) is 0 Å². The molecule has 0 aromatic carbocycles. The average Bonchev–Trinajstić information content (AvgIpc) is 2.17. The molecule has 1 heterocycles.